The molecule has 154 valence electrons. The third-order valence-corrected chi connectivity index (χ3v) is 4.26. The van der Waals surface area contributed by atoms with Crippen molar-refractivity contribution in [1.29, 1.82) is 0 Å². The summed E-state index contributed by atoms with van der Waals surface area (Å²) in [5.41, 5.74) is 0. The van der Waals surface area contributed by atoms with E-state index in [0.29, 0.717) is 31.3 Å². The Bertz CT molecular complexity index is 566. The van der Waals surface area contributed by atoms with Crippen LogP contribution in [0, 0.1) is 5.82 Å². The van der Waals surface area contributed by atoms with Crippen LogP contribution >= 0.6 is 24.0 Å². The van der Waals surface area contributed by atoms with Crippen LogP contribution in [-0.2, 0) is 0 Å². The van der Waals surface area contributed by atoms with E-state index in [0.717, 1.165) is 12.8 Å². The molecule has 1 aliphatic rings. The Morgan fingerprint density at radius 3 is 2.44 bits per heavy atom. The molecule has 0 aliphatic carbocycles. The van der Waals surface area contributed by atoms with Crippen LogP contribution in [-0.4, -0.2) is 62.7 Å². The summed E-state index contributed by atoms with van der Waals surface area (Å²) in [4.78, 5) is 5.99. The zero-order valence-corrected chi connectivity index (χ0v) is 18.0. The van der Waals surface area contributed by atoms with Gasteiger partial charge in [0, 0.05) is 26.2 Å². The molecule has 0 saturated carbocycles. The molecule has 1 unspecified atom stereocenters. The molecule has 1 aliphatic heterocycles. The number of rotatable bonds is 7. The minimum Gasteiger partial charge on any atom is -0.489 e. The maximum atomic E-state index is 12.9. The summed E-state index contributed by atoms with van der Waals surface area (Å²) in [6, 6.07) is 6.11. The van der Waals surface area contributed by atoms with Crippen molar-refractivity contribution in [3.63, 3.8) is 0 Å². The number of hydrogen-bond donors (Lipinski definition) is 2. The molecule has 0 aromatic heterocycles. The third kappa shape index (κ3) is 9.00. The fourth-order valence-corrected chi connectivity index (χ4v) is 2.87. The van der Waals surface area contributed by atoms with Gasteiger partial charge >= 0.3 is 0 Å². The summed E-state index contributed by atoms with van der Waals surface area (Å²) in [6.07, 6.45) is -0.812. The Morgan fingerprint density at radius 2 is 1.89 bits per heavy atom. The summed E-state index contributed by atoms with van der Waals surface area (Å²) in [5.74, 6) is 0.967. The van der Waals surface area contributed by atoms with E-state index < -0.39 is 6.43 Å². The minimum atomic E-state index is -2.28. The van der Waals surface area contributed by atoms with Gasteiger partial charge in [-0.2, -0.15) is 0 Å². The van der Waals surface area contributed by atoms with Gasteiger partial charge in [0.1, 0.15) is 17.7 Å². The summed E-state index contributed by atoms with van der Waals surface area (Å²) < 4.78 is 43.4. The third-order valence-electron chi connectivity index (χ3n) is 4.26. The molecule has 2 rings (SSSR count). The number of aliphatic imine (C=N–C) groups is 1. The highest BCUT2D eigenvalue weighted by Gasteiger charge is 2.22. The van der Waals surface area contributed by atoms with Gasteiger partial charge in [0.15, 0.2) is 5.96 Å². The number of piperidine rings is 1. The van der Waals surface area contributed by atoms with Crippen molar-refractivity contribution in [1.82, 2.24) is 15.5 Å². The predicted octanol–water partition coefficient (Wildman–Crippen LogP) is 3.11. The molecule has 1 heterocycles. The molecule has 0 bridgehead atoms. The smallest absolute Gasteiger partial charge is 0.251 e. The van der Waals surface area contributed by atoms with Crippen molar-refractivity contribution in [2.24, 2.45) is 4.99 Å². The highest BCUT2D eigenvalue weighted by atomic mass is 127. The summed E-state index contributed by atoms with van der Waals surface area (Å²) in [5, 5.41) is 6.52. The maximum Gasteiger partial charge on any atom is 0.251 e. The second-order valence-electron chi connectivity index (χ2n) is 6.45. The summed E-state index contributed by atoms with van der Waals surface area (Å²) >= 11 is 0. The van der Waals surface area contributed by atoms with E-state index in [9.17, 15) is 13.2 Å². The number of likely N-dealkylation sites (tertiary alicyclic amines) is 1. The second-order valence-corrected chi connectivity index (χ2v) is 6.45. The Kier molecular flexibility index (Phi) is 10.8. The standard InChI is InChI=1S/C18H27F3N4O.HI/c1-13(26-16-5-3-14(19)4-6-16)11-23-18(22-2)24-15-7-9-25(10-8-15)12-17(20)21;/h3-6,13,15,17H,7-12H2,1-2H3,(H2,22,23,24);1H. The Balaban J connectivity index is 0.00000364. The zero-order valence-electron chi connectivity index (χ0n) is 15.6. The van der Waals surface area contributed by atoms with Gasteiger partial charge in [-0.1, -0.05) is 0 Å². The predicted molar refractivity (Wildman–Crippen MR) is 112 cm³/mol. The molecule has 0 radical (unpaired) electrons. The number of alkyl halides is 2. The largest absolute Gasteiger partial charge is 0.489 e. The first kappa shape index (κ1) is 23.8. The highest BCUT2D eigenvalue weighted by molar-refractivity contribution is 14.0. The van der Waals surface area contributed by atoms with Gasteiger partial charge in [-0.05, 0) is 44.0 Å². The van der Waals surface area contributed by atoms with Crippen molar-refractivity contribution >= 4 is 29.9 Å². The van der Waals surface area contributed by atoms with E-state index in [2.05, 4.69) is 15.6 Å². The summed E-state index contributed by atoms with van der Waals surface area (Å²) in [6.45, 7) is 3.60. The number of nitrogens with zero attached hydrogens (tertiary/aromatic N) is 2. The van der Waals surface area contributed by atoms with E-state index >= 15 is 0 Å². The molecule has 1 aromatic rings. The topological polar surface area (TPSA) is 48.9 Å². The first-order valence-corrected chi connectivity index (χ1v) is 8.86. The van der Waals surface area contributed by atoms with Gasteiger partial charge in [-0.15, -0.1) is 24.0 Å². The van der Waals surface area contributed by atoms with E-state index in [1.54, 1.807) is 24.1 Å². The summed E-state index contributed by atoms with van der Waals surface area (Å²) in [7, 11) is 1.69. The fourth-order valence-electron chi connectivity index (χ4n) is 2.87. The Hall–Kier alpha value is -1.23. The highest BCUT2D eigenvalue weighted by Crippen LogP contribution is 2.13. The van der Waals surface area contributed by atoms with Crippen molar-refractivity contribution in [3.05, 3.63) is 30.1 Å². The zero-order chi connectivity index (χ0) is 18.9. The number of hydrogen-bond acceptors (Lipinski definition) is 3. The average molecular weight is 500 g/mol. The van der Waals surface area contributed by atoms with Gasteiger partial charge in [-0.3, -0.25) is 9.89 Å². The molecule has 2 N–H and O–H groups in total. The molecule has 0 amide bonds. The van der Waals surface area contributed by atoms with Gasteiger partial charge in [0.05, 0.1) is 13.1 Å². The van der Waals surface area contributed by atoms with Crippen molar-refractivity contribution in [3.8, 4) is 5.75 Å². The van der Waals surface area contributed by atoms with Gasteiger partial charge in [0.2, 0.25) is 0 Å². The lowest BCUT2D eigenvalue weighted by molar-refractivity contribution is 0.0744. The normalized spacial score (nSPS) is 17.3. The number of benzene rings is 1. The van der Waals surface area contributed by atoms with Gasteiger partial charge in [0.25, 0.3) is 6.43 Å². The van der Waals surface area contributed by atoms with E-state index in [4.69, 9.17) is 4.74 Å². The maximum absolute atomic E-state index is 12.9. The van der Waals surface area contributed by atoms with Crippen molar-refractivity contribution < 1.29 is 17.9 Å². The molecule has 9 heteroatoms. The number of ether oxygens (including phenoxy) is 1. The quantitative estimate of drug-likeness (QED) is 0.344. The molecule has 5 nitrogen and oxygen atoms in total. The lowest BCUT2D eigenvalue weighted by atomic mass is 10.1. The molecular formula is C18H28F3IN4O. The van der Waals surface area contributed by atoms with E-state index in [1.165, 1.54) is 12.1 Å². The molecule has 1 saturated heterocycles. The van der Waals surface area contributed by atoms with Crippen LogP contribution in [0.15, 0.2) is 29.3 Å². The van der Waals surface area contributed by atoms with Crippen LogP contribution in [0.25, 0.3) is 0 Å². The minimum absolute atomic E-state index is 0. The van der Waals surface area contributed by atoms with Crippen LogP contribution in [0.3, 0.4) is 0 Å². The number of halogens is 4. The van der Waals surface area contributed by atoms with Crippen LogP contribution in [0.5, 0.6) is 5.75 Å². The van der Waals surface area contributed by atoms with Crippen molar-refractivity contribution in [2.45, 2.75) is 38.3 Å². The van der Waals surface area contributed by atoms with E-state index in [1.807, 2.05) is 6.92 Å². The Labute approximate surface area is 175 Å². The Morgan fingerprint density at radius 1 is 1.26 bits per heavy atom. The fraction of sp³-hybridized carbons (Fsp3) is 0.611. The molecular weight excluding hydrogens is 472 g/mol. The SMILES string of the molecule is CN=C(NCC(C)Oc1ccc(F)cc1)NC1CCN(CC(F)F)CC1.I. The molecule has 1 atom stereocenters. The van der Waals surface area contributed by atoms with E-state index in [-0.39, 0.29) is 48.5 Å². The molecule has 1 fully saturated rings. The average Bonchev–Trinajstić information content (AvgIpc) is 2.61. The number of nitrogens with one attached hydrogen (secondary N) is 2. The monoisotopic (exact) mass is 500 g/mol. The van der Waals surface area contributed by atoms with Crippen LogP contribution < -0.4 is 15.4 Å². The number of guanidine groups is 1. The van der Waals surface area contributed by atoms with Gasteiger partial charge < -0.3 is 15.4 Å². The lowest BCUT2D eigenvalue weighted by Gasteiger charge is -2.32. The molecule has 0 spiro atoms. The van der Waals surface area contributed by atoms with Crippen molar-refractivity contribution in [2.75, 3.05) is 33.2 Å². The van der Waals surface area contributed by atoms with Crippen LogP contribution in [0.1, 0.15) is 19.8 Å². The first-order valence-electron chi connectivity index (χ1n) is 8.86. The lowest BCUT2D eigenvalue weighted by Crippen LogP contribution is -2.50. The van der Waals surface area contributed by atoms with Crippen LogP contribution in [0.2, 0.25) is 0 Å². The molecule has 1 aromatic carbocycles. The van der Waals surface area contributed by atoms with Gasteiger partial charge in [-0.25, -0.2) is 13.2 Å². The second kappa shape index (κ2) is 12.3. The first-order chi connectivity index (χ1) is 12.5. The van der Waals surface area contributed by atoms with Crippen LogP contribution in [0.4, 0.5) is 13.2 Å². The molecule has 27 heavy (non-hydrogen) atoms.